The predicted molar refractivity (Wildman–Crippen MR) is 72.5 cm³/mol. The van der Waals surface area contributed by atoms with Crippen molar-refractivity contribution in [2.24, 2.45) is 0 Å². The number of piperazine rings is 1. The third-order valence-corrected chi connectivity index (χ3v) is 3.81. The first-order valence-corrected chi connectivity index (χ1v) is 6.73. The van der Waals surface area contributed by atoms with E-state index in [0.29, 0.717) is 10.6 Å². The Kier molecular flexibility index (Phi) is 4.07. The number of benzene rings is 1. The highest BCUT2D eigenvalue weighted by molar-refractivity contribution is 9.10. The summed E-state index contributed by atoms with van der Waals surface area (Å²) < 4.78 is 0.751. The average molecular weight is 318 g/mol. The zero-order valence-corrected chi connectivity index (χ0v) is 11.9. The van der Waals surface area contributed by atoms with Gasteiger partial charge in [0.05, 0.1) is 5.56 Å². The van der Waals surface area contributed by atoms with E-state index in [2.05, 4.69) is 21.2 Å². The van der Waals surface area contributed by atoms with E-state index in [-0.39, 0.29) is 11.9 Å². The Morgan fingerprint density at radius 2 is 2.35 bits per heavy atom. The second-order valence-corrected chi connectivity index (χ2v) is 5.47. The topological polar surface area (TPSA) is 32.3 Å². The number of carbonyl (C=O) groups is 1. The standard InChI is InChI=1S/C12H14BrClN2O/c1-8-7-15-4-5-16(8)12(17)10-3-2-9(14)6-11(10)13/h2-3,6,8,15H,4-5,7H2,1H3/t8-/m0/s1. The second-order valence-electron chi connectivity index (χ2n) is 4.18. The predicted octanol–water partition coefficient (Wildman–Crippen LogP) is 2.54. The van der Waals surface area contributed by atoms with Crippen LogP contribution in [-0.2, 0) is 0 Å². The highest BCUT2D eigenvalue weighted by Crippen LogP contribution is 2.23. The van der Waals surface area contributed by atoms with Crippen LogP contribution in [0.2, 0.25) is 5.02 Å². The number of carbonyl (C=O) groups excluding carboxylic acids is 1. The van der Waals surface area contributed by atoms with Crippen molar-refractivity contribution in [1.82, 2.24) is 10.2 Å². The lowest BCUT2D eigenvalue weighted by atomic mass is 10.1. The van der Waals surface area contributed by atoms with E-state index < -0.39 is 0 Å². The third-order valence-electron chi connectivity index (χ3n) is 2.92. The molecular formula is C12H14BrClN2O. The Balaban J connectivity index is 2.24. The lowest BCUT2D eigenvalue weighted by Gasteiger charge is -2.34. The van der Waals surface area contributed by atoms with Gasteiger partial charge in [0.1, 0.15) is 0 Å². The van der Waals surface area contributed by atoms with Crippen molar-refractivity contribution in [3.63, 3.8) is 0 Å². The quantitative estimate of drug-likeness (QED) is 0.863. The summed E-state index contributed by atoms with van der Waals surface area (Å²) in [5.74, 6) is 0.0579. The van der Waals surface area contributed by atoms with Gasteiger partial charge in [-0.25, -0.2) is 0 Å². The largest absolute Gasteiger partial charge is 0.333 e. The van der Waals surface area contributed by atoms with Gasteiger partial charge in [0.25, 0.3) is 5.91 Å². The van der Waals surface area contributed by atoms with E-state index in [0.717, 1.165) is 24.1 Å². The molecule has 0 aliphatic carbocycles. The number of nitrogens with one attached hydrogen (secondary N) is 1. The van der Waals surface area contributed by atoms with E-state index in [1.165, 1.54) is 0 Å². The van der Waals surface area contributed by atoms with E-state index in [1.807, 2.05) is 11.8 Å². The second kappa shape index (κ2) is 5.38. The number of hydrogen-bond donors (Lipinski definition) is 1. The number of hydrogen-bond acceptors (Lipinski definition) is 2. The van der Waals surface area contributed by atoms with Crippen molar-refractivity contribution in [3.05, 3.63) is 33.3 Å². The molecule has 17 heavy (non-hydrogen) atoms. The molecule has 1 aromatic carbocycles. The van der Waals surface area contributed by atoms with Gasteiger partial charge >= 0.3 is 0 Å². The highest BCUT2D eigenvalue weighted by atomic mass is 79.9. The molecule has 0 bridgehead atoms. The summed E-state index contributed by atoms with van der Waals surface area (Å²) in [6, 6.07) is 5.48. The molecule has 1 aromatic rings. The molecule has 0 radical (unpaired) electrons. The van der Waals surface area contributed by atoms with E-state index in [9.17, 15) is 4.79 Å². The van der Waals surface area contributed by atoms with Crippen LogP contribution in [-0.4, -0.2) is 36.5 Å². The molecule has 0 spiro atoms. The molecule has 1 N–H and O–H groups in total. The maximum atomic E-state index is 12.4. The molecule has 5 heteroatoms. The molecule has 1 aliphatic heterocycles. The summed E-state index contributed by atoms with van der Waals surface area (Å²) >= 11 is 9.26. The van der Waals surface area contributed by atoms with Crippen LogP contribution in [0.25, 0.3) is 0 Å². The Bertz CT molecular complexity index is 439. The summed E-state index contributed by atoms with van der Waals surface area (Å²) in [7, 11) is 0. The zero-order chi connectivity index (χ0) is 12.4. The van der Waals surface area contributed by atoms with Crippen molar-refractivity contribution >= 4 is 33.4 Å². The van der Waals surface area contributed by atoms with Gasteiger partial charge in [0.2, 0.25) is 0 Å². The van der Waals surface area contributed by atoms with Crippen molar-refractivity contribution in [1.29, 1.82) is 0 Å². The molecule has 0 unspecified atom stereocenters. The minimum Gasteiger partial charge on any atom is -0.333 e. The Morgan fingerprint density at radius 1 is 1.59 bits per heavy atom. The third kappa shape index (κ3) is 2.81. The van der Waals surface area contributed by atoms with Gasteiger partial charge in [0, 0.05) is 35.2 Å². The summed E-state index contributed by atoms with van der Waals surface area (Å²) in [6.07, 6.45) is 0. The molecule has 92 valence electrons. The Hall–Kier alpha value is -0.580. The van der Waals surface area contributed by atoms with E-state index in [1.54, 1.807) is 18.2 Å². The fourth-order valence-electron chi connectivity index (χ4n) is 1.96. The monoisotopic (exact) mass is 316 g/mol. The number of rotatable bonds is 1. The molecule has 1 saturated heterocycles. The molecule has 1 amide bonds. The molecule has 3 nitrogen and oxygen atoms in total. The molecule has 2 rings (SSSR count). The summed E-state index contributed by atoms with van der Waals surface area (Å²) in [5.41, 5.74) is 0.670. The highest BCUT2D eigenvalue weighted by Gasteiger charge is 2.25. The summed E-state index contributed by atoms with van der Waals surface area (Å²) in [4.78, 5) is 14.3. The van der Waals surface area contributed by atoms with E-state index in [4.69, 9.17) is 11.6 Å². The van der Waals surface area contributed by atoms with Gasteiger partial charge in [-0.2, -0.15) is 0 Å². The molecule has 1 fully saturated rings. The molecular weight excluding hydrogens is 304 g/mol. The first kappa shape index (κ1) is 12.9. The van der Waals surface area contributed by atoms with Crippen LogP contribution in [0.1, 0.15) is 17.3 Å². The zero-order valence-electron chi connectivity index (χ0n) is 9.54. The Labute approximate surface area is 114 Å². The van der Waals surface area contributed by atoms with E-state index >= 15 is 0 Å². The normalized spacial score (nSPS) is 20.4. The maximum absolute atomic E-state index is 12.4. The first-order chi connectivity index (χ1) is 8.09. The Morgan fingerprint density at radius 3 is 3.00 bits per heavy atom. The van der Waals surface area contributed by atoms with Crippen LogP contribution in [0.4, 0.5) is 0 Å². The van der Waals surface area contributed by atoms with Crippen molar-refractivity contribution < 1.29 is 4.79 Å². The van der Waals surface area contributed by atoms with Crippen LogP contribution >= 0.6 is 27.5 Å². The molecule has 1 atom stereocenters. The van der Waals surface area contributed by atoms with Crippen molar-refractivity contribution in [3.8, 4) is 0 Å². The lowest BCUT2D eigenvalue weighted by Crippen LogP contribution is -2.52. The van der Waals surface area contributed by atoms with Gasteiger partial charge in [-0.05, 0) is 41.1 Å². The fraction of sp³-hybridized carbons (Fsp3) is 0.417. The SMILES string of the molecule is C[C@H]1CNCCN1C(=O)c1ccc(Cl)cc1Br. The van der Waals surface area contributed by atoms with Crippen LogP contribution in [0.15, 0.2) is 22.7 Å². The van der Waals surface area contributed by atoms with Gasteiger partial charge in [-0.3, -0.25) is 4.79 Å². The number of nitrogens with zero attached hydrogens (tertiary/aromatic N) is 1. The molecule has 0 saturated carbocycles. The minimum absolute atomic E-state index is 0.0579. The van der Waals surface area contributed by atoms with Crippen LogP contribution < -0.4 is 5.32 Å². The minimum atomic E-state index is 0.0579. The summed E-state index contributed by atoms with van der Waals surface area (Å²) in [6.45, 7) is 4.49. The smallest absolute Gasteiger partial charge is 0.255 e. The molecule has 1 aliphatic rings. The van der Waals surface area contributed by atoms with Crippen LogP contribution in [0.3, 0.4) is 0 Å². The molecule has 0 aromatic heterocycles. The van der Waals surface area contributed by atoms with Gasteiger partial charge in [-0.1, -0.05) is 11.6 Å². The lowest BCUT2D eigenvalue weighted by molar-refractivity contribution is 0.0655. The van der Waals surface area contributed by atoms with Crippen LogP contribution in [0.5, 0.6) is 0 Å². The number of amides is 1. The van der Waals surface area contributed by atoms with Crippen LogP contribution in [0, 0.1) is 0 Å². The van der Waals surface area contributed by atoms with Gasteiger partial charge in [0.15, 0.2) is 0 Å². The number of halogens is 2. The fourth-order valence-corrected chi connectivity index (χ4v) is 2.81. The maximum Gasteiger partial charge on any atom is 0.255 e. The first-order valence-electron chi connectivity index (χ1n) is 5.56. The van der Waals surface area contributed by atoms with Crippen molar-refractivity contribution in [2.75, 3.05) is 19.6 Å². The van der Waals surface area contributed by atoms with Crippen molar-refractivity contribution in [2.45, 2.75) is 13.0 Å². The molecule has 1 heterocycles. The average Bonchev–Trinajstić information content (AvgIpc) is 2.29. The van der Waals surface area contributed by atoms with Gasteiger partial charge < -0.3 is 10.2 Å². The summed E-state index contributed by atoms with van der Waals surface area (Å²) in [5, 5.41) is 3.89. The van der Waals surface area contributed by atoms with Gasteiger partial charge in [-0.15, -0.1) is 0 Å².